The largest absolute Gasteiger partial charge is 0.318 e. The zero-order valence-corrected chi connectivity index (χ0v) is 16.3. The second-order valence-corrected chi connectivity index (χ2v) is 8.18. The van der Waals surface area contributed by atoms with Crippen LogP contribution in [-0.4, -0.2) is 27.6 Å². The lowest BCUT2D eigenvalue weighted by Crippen LogP contribution is -2.28. The molecule has 2 amide bonds. The normalized spacial score (nSPS) is 28.2. The number of carbonyl (C=O) groups excluding carboxylic acids is 2. The van der Waals surface area contributed by atoms with Gasteiger partial charge in [-0.25, -0.2) is 0 Å². The van der Waals surface area contributed by atoms with Gasteiger partial charge in [-0.2, -0.15) is 10.1 Å². The third kappa shape index (κ3) is 2.28. The van der Waals surface area contributed by atoms with Crippen LogP contribution in [0.3, 0.4) is 0 Å². The summed E-state index contributed by atoms with van der Waals surface area (Å²) < 4.78 is 2.18. The van der Waals surface area contributed by atoms with Gasteiger partial charge in [-0.1, -0.05) is 30.4 Å². The van der Waals surface area contributed by atoms with Gasteiger partial charge in [-0.05, 0) is 56.7 Å². The summed E-state index contributed by atoms with van der Waals surface area (Å²) in [6.07, 6.45) is 6.78. The van der Waals surface area contributed by atoms with E-state index in [9.17, 15) is 9.59 Å². The average molecular weight is 373 g/mol. The number of benzene rings is 1. The van der Waals surface area contributed by atoms with Gasteiger partial charge in [0, 0.05) is 22.6 Å². The molecular formula is C23H23N3O2. The molecular weight excluding hydrogens is 350 g/mol. The quantitative estimate of drug-likeness (QED) is 0.469. The van der Waals surface area contributed by atoms with Crippen molar-refractivity contribution in [2.75, 3.05) is 0 Å². The number of fused-ring (bicyclic) bond motifs is 5. The second-order valence-electron chi connectivity index (χ2n) is 8.18. The van der Waals surface area contributed by atoms with E-state index in [0.29, 0.717) is 0 Å². The molecule has 2 bridgehead atoms. The minimum absolute atomic E-state index is 0.143. The van der Waals surface area contributed by atoms with Crippen LogP contribution in [-0.2, 0) is 9.59 Å². The highest BCUT2D eigenvalue weighted by Gasteiger charge is 2.59. The highest BCUT2D eigenvalue weighted by molar-refractivity contribution is 6.06. The number of allylic oxidation sites excluding steroid dienone is 2. The molecule has 1 saturated carbocycles. The molecule has 2 aliphatic carbocycles. The van der Waals surface area contributed by atoms with E-state index in [-0.39, 0.29) is 35.5 Å². The third-order valence-corrected chi connectivity index (χ3v) is 6.59. The van der Waals surface area contributed by atoms with Crippen molar-refractivity contribution in [1.29, 1.82) is 0 Å². The number of carbonyl (C=O) groups is 2. The first-order valence-electron chi connectivity index (χ1n) is 9.82. The lowest BCUT2D eigenvalue weighted by Gasteiger charge is -2.13. The number of rotatable bonds is 3. The second kappa shape index (κ2) is 6.03. The van der Waals surface area contributed by atoms with Gasteiger partial charge in [-0.3, -0.25) is 9.59 Å². The Bertz CT molecular complexity index is 1030. The number of amides is 2. The highest BCUT2D eigenvalue weighted by atomic mass is 16.2. The van der Waals surface area contributed by atoms with Gasteiger partial charge in [0.15, 0.2) is 0 Å². The molecule has 1 saturated heterocycles. The van der Waals surface area contributed by atoms with Crippen molar-refractivity contribution >= 4 is 18.0 Å². The molecule has 1 aromatic carbocycles. The van der Waals surface area contributed by atoms with Gasteiger partial charge in [-0.15, -0.1) is 0 Å². The summed E-state index contributed by atoms with van der Waals surface area (Å²) in [7, 11) is 0. The number of hydrogen-bond acceptors (Lipinski definition) is 3. The minimum Gasteiger partial charge on any atom is -0.318 e. The lowest BCUT2D eigenvalue weighted by atomic mass is 9.85. The molecule has 0 N–H and O–H groups in total. The molecule has 4 atom stereocenters. The number of aromatic nitrogens is 1. The first-order chi connectivity index (χ1) is 13.5. The molecule has 0 spiro atoms. The number of para-hydroxylation sites is 1. The minimum atomic E-state index is -0.209. The molecule has 28 heavy (non-hydrogen) atoms. The molecule has 142 valence electrons. The molecule has 4 unspecified atom stereocenters. The Morgan fingerprint density at radius 2 is 1.64 bits per heavy atom. The van der Waals surface area contributed by atoms with Crippen molar-refractivity contribution in [2.45, 2.75) is 27.2 Å². The number of hydrazone groups is 1. The Kier molecular flexibility index (Phi) is 3.69. The van der Waals surface area contributed by atoms with Crippen LogP contribution in [0, 0.1) is 44.4 Å². The summed E-state index contributed by atoms with van der Waals surface area (Å²) in [6.45, 7) is 6.18. The summed E-state index contributed by atoms with van der Waals surface area (Å²) >= 11 is 0. The Balaban J connectivity index is 1.46. The number of imide groups is 1. The molecule has 5 heteroatoms. The molecule has 2 heterocycles. The van der Waals surface area contributed by atoms with E-state index in [1.54, 1.807) is 6.21 Å². The monoisotopic (exact) mass is 373 g/mol. The van der Waals surface area contributed by atoms with E-state index in [0.717, 1.165) is 34.1 Å². The van der Waals surface area contributed by atoms with E-state index in [1.165, 1.54) is 5.56 Å². The fraction of sp³-hybridized carbons (Fsp3) is 0.348. The molecule has 2 aromatic rings. The fourth-order valence-corrected chi connectivity index (χ4v) is 5.22. The van der Waals surface area contributed by atoms with Crippen LogP contribution in [0.2, 0.25) is 0 Å². The first-order valence-corrected chi connectivity index (χ1v) is 9.82. The smallest absolute Gasteiger partial charge is 0.254 e. The molecule has 0 radical (unpaired) electrons. The zero-order valence-electron chi connectivity index (χ0n) is 16.3. The molecule has 5 rings (SSSR count). The molecule has 1 aliphatic heterocycles. The molecule has 1 aromatic heterocycles. The van der Waals surface area contributed by atoms with Crippen molar-refractivity contribution in [3.63, 3.8) is 0 Å². The number of hydrogen-bond donors (Lipinski definition) is 0. The topological polar surface area (TPSA) is 54.7 Å². The maximum Gasteiger partial charge on any atom is 0.254 e. The maximum atomic E-state index is 12.8. The Labute approximate surface area is 164 Å². The van der Waals surface area contributed by atoms with Crippen LogP contribution in [0.15, 0.2) is 47.6 Å². The zero-order chi connectivity index (χ0) is 19.6. The first kappa shape index (κ1) is 17.2. The average Bonchev–Trinajstić information content (AvgIpc) is 3.40. The van der Waals surface area contributed by atoms with Crippen LogP contribution < -0.4 is 0 Å². The van der Waals surface area contributed by atoms with Crippen molar-refractivity contribution in [3.05, 3.63) is 65.0 Å². The summed E-state index contributed by atoms with van der Waals surface area (Å²) in [6, 6.07) is 10.3. The standard InChI is InChI=1S/C23H23N3O2/c1-13-6-4-5-7-19(13)25-14(2)10-18(15(25)3)12-24-26-22(27)20-16-8-9-17(11-16)21(20)23(26)28/h4-10,12,16-17,20-21H,11H2,1-3H3. The highest BCUT2D eigenvalue weighted by Crippen LogP contribution is 2.52. The van der Waals surface area contributed by atoms with Crippen molar-refractivity contribution in [3.8, 4) is 5.69 Å². The fourth-order valence-electron chi connectivity index (χ4n) is 5.22. The van der Waals surface area contributed by atoms with Gasteiger partial charge in [0.2, 0.25) is 0 Å². The molecule has 2 fully saturated rings. The molecule has 5 nitrogen and oxygen atoms in total. The summed E-state index contributed by atoms with van der Waals surface area (Å²) in [5.41, 5.74) is 5.36. The van der Waals surface area contributed by atoms with Crippen molar-refractivity contribution in [2.24, 2.45) is 28.8 Å². The predicted molar refractivity (Wildman–Crippen MR) is 107 cm³/mol. The molecule has 3 aliphatic rings. The van der Waals surface area contributed by atoms with Gasteiger partial charge in [0.25, 0.3) is 11.8 Å². The maximum absolute atomic E-state index is 12.8. The predicted octanol–water partition coefficient (Wildman–Crippen LogP) is 3.54. The Morgan fingerprint density at radius 3 is 2.29 bits per heavy atom. The van der Waals surface area contributed by atoms with Crippen LogP contribution in [0.25, 0.3) is 5.69 Å². The van der Waals surface area contributed by atoms with Gasteiger partial charge < -0.3 is 4.57 Å². The van der Waals surface area contributed by atoms with Crippen LogP contribution in [0.4, 0.5) is 0 Å². The van der Waals surface area contributed by atoms with Gasteiger partial charge >= 0.3 is 0 Å². The van der Waals surface area contributed by atoms with Crippen molar-refractivity contribution < 1.29 is 9.59 Å². The van der Waals surface area contributed by atoms with Crippen LogP contribution in [0.5, 0.6) is 0 Å². The van der Waals surface area contributed by atoms with E-state index >= 15 is 0 Å². The summed E-state index contributed by atoms with van der Waals surface area (Å²) in [5, 5.41) is 5.45. The summed E-state index contributed by atoms with van der Waals surface area (Å²) in [5.74, 6) is -0.291. The van der Waals surface area contributed by atoms with Gasteiger partial charge in [0.1, 0.15) is 0 Å². The number of nitrogens with zero attached hydrogens (tertiary/aromatic N) is 3. The van der Waals surface area contributed by atoms with E-state index in [2.05, 4.69) is 47.8 Å². The summed E-state index contributed by atoms with van der Waals surface area (Å²) in [4.78, 5) is 25.6. The van der Waals surface area contributed by atoms with Crippen molar-refractivity contribution in [1.82, 2.24) is 9.58 Å². The Morgan fingerprint density at radius 1 is 1.00 bits per heavy atom. The Hall–Kier alpha value is -2.95. The van der Waals surface area contributed by atoms with Crippen LogP contribution >= 0.6 is 0 Å². The van der Waals surface area contributed by atoms with Crippen LogP contribution in [0.1, 0.15) is 28.9 Å². The van der Waals surface area contributed by atoms with E-state index in [4.69, 9.17) is 0 Å². The SMILES string of the molecule is Cc1ccccc1-n1c(C)cc(C=NN2C(=O)C3C4C=CC(C4)C3C2=O)c1C. The van der Waals surface area contributed by atoms with E-state index in [1.807, 2.05) is 25.1 Å². The van der Waals surface area contributed by atoms with Gasteiger partial charge in [0.05, 0.1) is 18.1 Å². The van der Waals surface area contributed by atoms with E-state index < -0.39 is 0 Å². The number of aryl methyl sites for hydroxylation is 2. The third-order valence-electron chi connectivity index (χ3n) is 6.59. The lowest BCUT2D eigenvalue weighted by molar-refractivity contribution is -0.140.